The minimum absolute atomic E-state index is 0.00876. The van der Waals surface area contributed by atoms with Gasteiger partial charge in [0.2, 0.25) is 5.91 Å². The van der Waals surface area contributed by atoms with Crippen molar-refractivity contribution in [2.45, 2.75) is 18.4 Å². The van der Waals surface area contributed by atoms with E-state index in [-0.39, 0.29) is 11.8 Å². The van der Waals surface area contributed by atoms with Gasteiger partial charge in [-0.05, 0) is 12.8 Å². The number of aryl methyl sites for hydroxylation is 1. The van der Waals surface area contributed by atoms with E-state index in [9.17, 15) is 9.59 Å². The first kappa shape index (κ1) is 17.4. The van der Waals surface area contributed by atoms with Gasteiger partial charge in [0.05, 0.1) is 11.7 Å². The summed E-state index contributed by atoms with van der Waals surface area (Å²) in [6, 6.07) is 1.84. The highest BCUT2D eigenvalue weighted by atomic mass is 32.1. The van der Waals surface area contributed by atoms with Crippen LogP contribution in [0.3, 0.4) is 0 Å². The molecule has 3 rings (SSSR count). The van der Waals surface area contributed by atoms with Crippen molar-refractivity contribution in [1.82, 2.24) is 24.6 Å². The molecule has 1 aliphatic heterocycles. The molecule has 25 heavy (non-hydrogen) atoms. The quantitative estimate of drug-likeness (QED) is 0.879. The van der Waals surface area contributed by atoms with Crippen LogP contribution < -0.4 is 5.32 Å². The average molecular weight is 362 g/mol. The lowest BCUT2D eigenvalue weighted by Crippen LogP contribution is -2.59. The first-order valence-corrected chi connectivity index (χ1v) is 9.03. The summed E-state index contributed by atoms with van der Waals surface area (Å²) in [5, 5.41) is 9.28. The number of nitrogens with one attached hydrogen (secondary N) is 1. The first-order chi connectivity index (χ1) is 11.9. The Bertz CT molecular complexity index is 747. The summed E-state index contributed by atoms with van der Waals surface area (Å²) in [5.74, 6) is 0.719. The largest absolute Gasteiger partial charge is 0.356 e. The van der Waals surface area contributed by atoms with Gasteiger partial charge in [-0.3, -0.25) is 14.3 Å². The normalized spacial score (nSPS) is 16.5. The van der Waals surface area contributed by atoms with Gasteiger partial charge >= 0.3 is 0 Å². The van der Waals surface area contributed by atoms with Gasteiger partial charge in [0, 0.05) is 45.7 Å². The fourth-order valence-corrected chi connectivity index (χ4v) is 3.66. The fourth-order valence-electron chi connectivity index (χ4n) is 3.13. The Labute approximate surface area is 150 Å². The summed E-state index contributed by atoms with van der Waals surface area (Å²) in [6.45, 7) is 1.00. The van der Waals surface area contributed by atoms with E-state index >= 15 is 0 Å². The van der Waals surface area contributed by atoms with Crippen LogP contribution in [-0.2, 0) is 11.8 Å². The monoisotopic (exact) mass is 362 g/mol. The Kier molecular flexibility index (Phi) is 4.76. The fraction of sp³-hybridized carbons (Fsp3) is 0.500. The van der Waals surface area contributed by atoms with E-state index in [1.165, 1.54) is 11.3 Å². The molecule has 3 heterocycles. The van der Waals surface area contributed by atoms with E-state index in [0.717, 1.165) is 5.82 Å². The van der Waals surface area contributed by atoms with Crippen LogP contribution in [0.4, 0.5) is 5.82 Å². The van der Waals surface area contributed by atoms with Crippen molar-refractivity contribution in [3.8, 4) is 0 Å². The Morgan fingerprint density at radius 1 is 1.32 bits per heavy atom. The summed E-state index contributed by atoms with van der Waals surface area (Å²) in [5.41, 5.74) is 1.38. The third kappa shape index (κ3) is 3.37. The molecule has 0 radical (unpaired) electrons. The third-order valence-electron chi connectivity index (χ3n) is 4.56. The molecule has 0 atom stereocenters. The Hall–Kier alpha value is -2.42. The average Bonchev–Trinajstić information content (AvgIpc) is 3.26. The number of likely N-dealkylation sites (tertiary alicyclic amines) is 1. The lowest BCUT2D eigenvalue weighted by molar-refractivity contribution is -0.135. The summed E-state index contributed by atoms with van der Waals surface area (Å²) in [6.07, 6.45) is 2.76. The van der Waals surface area contributed by atoms with Crippen LogP contribution in [0.2, 0.25) is 0 Å². The van der Waals surface area contributed by atoms with Crippen LogP contribution in [0.15, 0.2) is 23.2 Å². The smallest absolute Gasteiger partial charge is 0.273 e. The minimum Gasteiger partial charge on any atom is -0.356 e. The lowest BCUT2D eigenvalue weighted by atomic mass is 9.85. The Morgan fingerprint density at radius 3 is 2.56 bits per heavy atom. The molecule has 8 nitrogen and oxygen atoms in total. The number of rotatable bonds is 4. The van der Waals surface area contributed by atoms with Gasteiger partial charge in [-0.1, -0.05) is 0 Å². The summed E-state index contributed by atoms with van der Waals surface area (Å²) < 4.78 is 1.71. The number of piperidine rings is 1. The summed E-state index contributed by atoms with van der Waals surface area (Å²) in [4.78, 5) is 32.8. The second-order valence-electron chi connectivity index (χ2n) is 6.41. The zero-order valence-corrected chi connectivity index (χ0v) is 15.4. The molecule has 134 valence electrons. The van der Waals surface area contributed by atoms with Gasteiger partial charge in [0.15, 0.2) is 0 Å². The van der Waals surface area contributed by atoms with Crippen molar-refractivity contribution in [3.63, 3.8) is 0 Å². The molecule has 0 spiro atoms. The molecule has 9 heteroatoms. The van der Waals surface area contributed by atoms with Crippen LogP contribution >= 0.6 is 11.3 Å². The zero-order chi connectivity index (χ0) is 18.0. The highest BCUT2D eigenvalue weighted by Gasteiger charge is 2.43. The van der Waals surface area contributed by atoms with Gasteiger partial charge in [-0.15, -0.1) is 11.3 Å². The van der Waals surface area contributed by atoms with Gasteiger partial charge in [-0.2, -0.15) is 5.10 Å². The van der Waals surface area contributed by atoms with E-state index in [1.54, 1.807) is 45.7 Å². The molecule has 1 fully saturated rings. The minimum atomic E-state index is -0.740. The molecule has 0 aliphatic carbocycles. The molecule has 0 saturated carbocycles. The van der Waals surface area contributed by atoms with E-state index in [2.05, 4.69) is 15.4 Å². The van der Waals surface area contributed by atoms with Gasteiger partial charge < -0.3 is 15.1 Å². The molecule has 2 aromatic heterocycles. The highest BCUT2D eigenvalue weighted by molar-refractivity contribution is 7.07. The van der Waals surface area contributed by atoms with Crippen molar-refractivity contribution in [2.24, 2.45) is 7.05 Å². The summed E-state index contributed by atoms with van der Waals surface area (Å²) >= 11 is 1.40. The topological polar surface area (TPSA) is 83.4 Å². The number of carbonyl (C=O) groups is 2. The molecule has 0 unspecified atom stereocenters. The summed E-state index contributed by atoms with van der Waals surface area (Å²) in [7, 11) is 5.33. The van der Waals surface area contributed by atoms with Gasteiger partial charge in [0.1, 0.15) is 17.1 Å². The number of thiazole rings is 1. The standard InChI is InChI=1S/C16H22N6O2S/c1-20(2)15(24)16(19-13-4-7-18-21(13)3)5-8-22(9-6-16)14(23)12-10-25-11-17-12/h4,7,10-11,19H,5-6,8-9H2,1-3H3. The number of nitrogens with zero attached hydrogens (tertiary/aromatic N) is 5. The molecular weight excluding hydrogens is 340 g/mol. The first-order valence-electron chi connectivity index (χ1n) is 8.08. The maximum absolute atomic E-state index is 12.9. The van der Waals surface area contributed by atoms with Crippen LogP contribution in [-0.4, -0.2) is 69.1 Å². The number of amides is 2. The molecule has 2 aromatic rings. The number of hydrogen-bond donors (Lipinski definition) is 1. The van der Waals surface area contributed by atoms with E-state index in [1.807, 2.05) is 13.1 Å². The third-order valence-corrected chi connectivity index (χ3v) is 5.15. The van der Waals surface area contributed by atoms with Crippen molar-refractivity contribution in [2.75, 3.05) is 32.5 Å². The molecule has 1 aliphatic rings. The second kappa shape index (κ2) is 6.83. The number of anilines is 1. The van der Waals surface area contributed by atoms with E-state index in [0.29, 0.717) is 31.6 Å². The van der Waals surface area contributed by atoms with E-state index < -0.39 is 5.54 Å². The van der Waals surface area contributed by atoms with E-state index in [4.69, 9.17) is 0 Å². The molecule has 0 aromatic carbocycles. The predicted molar refractivity (Wildman–Crippen MR) is 95.5 cm³/mol. The number of likely N-dealkylation sites (N-methyl/N-ethyl adjacent to an activating group) is 1. The van der Waals surface area contributed by atoms with Gasteiger partial charge in [-0.25, -0.2) is 4.98 Å². The predicted octanol–water partition coefficient (Wildman–Crippen LogP) is 1.05. The number of hydrogen-bond acceptors (Lipinski definition) is 6. The highest BCUT2D eigenvalue weighted by Crippen LogP contribution is 2.29. The van der Waals surface area contributed by atoms with Crippen molar-refractivity contribution in [3.05, 3.63) is 28.8 Å². The van der Waals surface area contributed by atoms with Crippen LogP contribution in [0, 0.1) is 0 Å². The Morgan fingerprint density at radius 2 is 2.04 bits per heavy atom. The molecule has 0 bridgehead atoms. The lowest BCUT2D eigenvalue weighted by Gasteiger charge is -2.42. The molecule has 1 saturated heterocycles. The number of carbonyl (C=O) groups excluding carboxylic acids is 2. The SMILES string of the molecule is CN(C)C(=O)C1(Nc2ccnn2C)CCN(C(=O)c2cscn2)CC1. The Balaban J connectivity index is 1.78. The van der Waals surface area contributed by atoms with Gasteiger partial charge in [0.25, 0.3) is 5.91 Å². The molecular formula is C16H22N6O2S. The molecule has 1 N–H and O–H groups in total. The van der Waals surface area contributed by atoms with Crippen LogP contribution in [0.5, 0.6) is 0 Å². The van der Waals surface area contributed by atoms with Crippen molar-refractivity contribution in [1.29, 1.82) is 0 Å². The zero-order valence-electron chi connectivity index (χ0n) is 14.6. The maximum Gasteiger partial charge on any atom is 0.273 e. The van der Waals surface area contributed by atoms with Crippen LogP contribution in [0.25, 0.3) is 0 Å². The second-order valence-corrected chi connectivity index (χ2v) is 7.13. The van der Waals surface area contributed by atoms with Crippen LogP contribution in [0.1, 0.15) is 23.3 Å². The van der Waals surface area contributed by atoms with Crippen molar-refractivity contribution < 1.29 is 9.59 Å². The maximum atomic E-state index is 12.9. The number of aromatic nitrogens is 3. The molecule has 2 amide bonds. The van der Waals surface area contributed by atoms with Crippen molar-refractivity contribution >= 4 is 29.0 Å².